The topological polar surface area (TPSA) is 29.5 Å². The van der Waals surface area contributed by atoms with E-state index in [1.165, 1.54) is 0 Å². The molecule has 0 saturated carbocycles. The Labute approximate surface area is 125 Å². The second-order valence-corrected chi connectivity index (χ2v) is 4.92. The van der Waals surface area contributed by atoms with Gasteiger partial charge in [0.25, 0.3) is 0 Å². The highest BCUT2D eigenvalue weighted by molar-refractivity contribution is 6.06. The molecule has 2 aromatic rings. The molecule has 0 atom stereocenters. The Morgan fingerprint density at radius 1 is 1.10 bits per heavy atom. The first-order valence-corrected chi connectivity index (χ1v) is 6.74. The Bertz CT molecular complexity index is 643. The van der Waals surface area contributed by atoms with Crippen molar-refractivity contribution in [2.75, 3.05) is 26.1 Å². The van der Waals surface area contributed by atoms with Crippen molar-refractivity contribution in [1.29, 1.82) is 0 Å². The molecule has 0 heterocycles. The van der Waals surface area contributed by atoms with E-state index in [1.54, 1.807) is 37.5 Å². The van der Waals surface area contributed by atoms with E-state index in [2.05, 4.69) is 0 Å². The molecule has 0 aliphatic rings. The Morgan fingerprint density at radius 3 is 2.43 bits per heavy atom. The lowest BCUT2D eigenvalue weighted by atomic mass is 10.1. The van der Waals surface area contributed by atoms with Gasteiger partial charge in [-0.1, -0.05) is 18.2 Å². The van der Waals surface area contributed by atoms with Crippen LogP contribution < -0.4 is 9.64 Å². The number of anilines is 1. The number of benzene rings is 2. The average Bonchev–Trinajstić information content (AvgIpc) is 2.53. The third kappa shape index (κ3) is 3.96. The first-order chi connectivity index (χ1) is 10.1. The second-order valence-electron chi connectivity index (χ2n) is 4.92. The third-order valence-corrected chi connectivity index (χ3v) is 3.19. The monoisotopic (exact) mass is 281 g/mol. The van der Waals surface area contributed by atoms with Crippen molar-refractivity contribution in [2.45, 2.75) is 0 Å². The van der Waals surface area contributed by atoms with Crippen LogP contribution in [-0.2, 0) is 0 Å². The predicted octanol–water partition coefficient (Wildman–Crippen LogP) is 3.66. The maximum atomic E-state index is 12.1. The summed E-state index contributed by atoms with van der Waals surface area (Å²) >= 11 is 0. The molecule has 0 aliphatic carbocycles. The highest BCUT2D eigenvalue weighted by atomic mass is 16.5. The van der Waals surface area contributed by atoms with Gasteiger partial charge in [-0.25, -0.2) is 0 Å². The number of allylic oxidation sites excluding steroid dienone is 1. The Balaban J connectivity index is 2.12. The smallest absolute Gasteiger partial charge is 0.185 e. The second kappa shape index (κ2) is 6.75. The molecule has 0 unspecified atom stereocenters. The lowest BCUT2D eigenvalue weighted by Crippen LogP contribution is -2.08. The van der Waals surface area contributed by atoms with E-state index in [0.717, 1.165) is 17.0 Å². The third-order valence-electron chi connectivity index (χ3n) is 3.19. The summed E-state index contributed by atoms with van der Waals surface area (Å²) in [6.45, 7) is 0. The first-order valence-electron chi connectivity index (χ1n) is 6.74. The van der Waals surface area contributed by atoms with Crippen molar-refractivity contribution in [3.63, 3.8) is 0 Å². The van der Waals surface area contributed by atoms with Gasteiger partial charge in [0.1, 0.15) is 5.75 Å². The standard InChI is InChI=1S/C18H19NO2/c1-19(2)16-6-4-5-14(13-16)7-12-18(20)15-8-10-17(21-3)11-9-15/h4-13H,1-3H3/b12-7+. The van der Waals surface area contributed by atoms with Crippen molar-refractivity contribution < 1.29 is 9.53 Å². The van der Waals surface area contributed by atoms with Gasteiger partial charge >= 0.3 is 0 Å². The van der Waals surface area contributed by atoms with Gasteiger partial charge in [-0.05, 0) is 48.0 Å². The van der Waals surface area contributed by atoms with E-state index < -0.39 is 0 Å². The van der Waals surface area contributed by atoms with Crippen molar-refractivity contribution in [1.82, 2.24) is 0 Å². The molecule has 0 aromatic heterocycles. The number of ether oxygens (including phenoxy) is 1. The lowest BCUT2D eigenvalue weighted by Gasteiger charge is -2.12. The van der Waals surface area contributed by atoms with Gasteiger partial charge in [-0.3, -0.25) is 4.79 Å². The molecule has 0 saturated heterocycles. The van der Waals surface area contributed by atoms with Gasteiger partial charge in [0.2, 0.25) is 0 Å². The van der Waals surface area contributed by atoms with Gasteiger partial charge < -0.3 is 9.64 Å². The van der Waals surface area contributed by atoms with Gasteiger partial charge in [0.15, 0.2) is 5.78 Å². The summed E-state index contributed by atoms with van der Waals surface area (Å²) in [6, 6.07) is 15.1. The lowest BCUT2D eigenvalue weighted by molar-refractivity contribution is 0.104. The van der Waals surface area contributed by atoms with Crippen molar-refractivity contribution in [2.24, 2.45) is 0 Å². The molecule has 3 heteroatoms. The summed E-state index contributed by atoms with van der Waals surface area (Å²) < 4.78 is 5.08. The molecule has 0 spiro atoms. The summed E-state index contributed by atoms with van der Waals surface area (Å²) in [5.41, 5.74) is 2.76. The summed E-state index contributed by atoms with van der Waals surface area (Å²) in [7, 11) is 5.59. The summed E-state index contributed by atoms with van der Waals surface area (Å²) in [6.07, 6.45) is 3.43. The van der Waals surface area contributed by atoms with Crippen LogP contribution in [0.3, 0.4) is 0 Å². The highest BCUT2D eigenvalue weighted by Gasteiger charge is 2.02. The SMILES string of the molecule is COc1ccc(C(=O)/C=C/c2cccc(N(C)C)c2)cc1. The molecule has 0 amide bonds. The normalized spacial score (nSPS) is 10.6. The largest absolute Gasteiger partial charge is 0.497 e. The molecule has 0 radical (unpaired) electrons. The zero-order valence-corrected chi connectivity index (χ0v) is 12.5. The van der Waals surface area contributed by atoms with Crippen molar-refractivity contribution in [3.05, 3.63) is 65.7 Å². The maximum absolute atomic E-state index is 12.1. The zero-order valence-electron chi connectivity index (χ0n) is 12.5. The molecule has 0 fully saturated rings. The number of rotatable bonds is 5. The minimum Gasteiger partial charge on any atom is -0.497 e. The van der Waals surface area contributed by atoms with Crippen LogP contribution in [0.15, 0.2) is 54.6 Å². The molecule has 21 heavy (non-hydrogen) atoms. The van der Waals surface area contributed by atoms with Crippen LogP contribution >= 0.6 is 0 Å². The zero-order chi connectivity index (χ0) is 15.2. The fourth-order valence-electron chi connectivity index (χ4n) is 1.93. The van der Waals surface area contributed by atoms with Crippen molar-refractivity contribution in [3.8, 4) is 5.75 Å². The molecule has 0 aliphatic heterocycles. The van der Waals surface area contributed by atoms with E-state index in [4.69, 9.17) is 4.74 Å². The Kier molecular flexibility index (Phi) is 4.77. The molecule has 108 valence electrons. The number of nitrogens with zero attached hydrogens (tertiary/aromatic N) is 1. The number of carbonyl (C=O) groups is 1. The van der Waals surface area contributed by atoms with Crippen LogP contribution in [0.2, 0.25) is 0 Å². The van der Waals surface area contributed by atoms with E-state index >= 15 is 0 Å². The fraction of sp³-hybridized carbons (Fsp3) is 0.167. The molecular weight excluding hydrogens is 262 g/mol. The Morgan fingerprint density at radius 2 is 1.81 bits per heavy atom. The molecule has 2 aromatic carbocycles. The number of methoxy groups -OCH3 is 1. The van der Waals surface area contributed by atoms with Crippen LogP contribution in [0, 0.1) is 0 Å². The van der Waals surface area contributed by atoms with E-state index in [0.29, 0.717) is 5.56 Å². The summed E-state index contributed by atoms with van der Waals surface area (Å²) in [5, 5.41) is 0. The molecule has 0 N–H and O–H groups in total. The van der Waals surface area contributed by atoms with Crippen LogP contribution in [0.25, 0.3) is 6.08 Å². The quantitative estimate of drug-likeness (QED) is 0.619. The minimum atomic E-state index is -0.0205. The molecule has 2 rings (SSSR count). The number of hydrogen-bond donors (Lipinski definition) is 0. The van der Waals surface area contributed by atoms with Crippen LogP contribution in [0.5, 0.6) is 5.75 Å². The maximum Gasteiger partial charge on any atom is 0.185 e. The van der Waals surface area contributed by atoms with E-state index in [-0.39, 0.29) is 5.78 Å². The van der Waals surface area contributed by atoms with Crippen molar-refractivity contribution >= 4 is 17.5 Å². The van der Waals surface area contributed by atoms with Gasteiger partial charge in [-0.2, -0.15) is 0 Å². The van der Waals surface area contributed by atoms with Gasteiger partial charge in [0, 0.05) is 25.3 Å². The van der Waals surface area contributed by atoms with E-state index in [1.807, 2.05) is 49.3 Å². The number of hydrogen-bond acceptors (Lipinski definition) is 3. The predicted molar refractivity (Wildman–Crippen MR) is 87.1 cm³/mol. The van der Waals surface area contributed by atoms with Crippen LogP contribution in [0.1, 0.15) is 15.9 Å². The van der Waals surface area contributed by atoms with Crippen LogP contribution in [0.4, 0.5) is 5.69 Å². The minimum absolute atomic E-state index is 0.0205. The Hall–Kier alpha value is -2.55. The highest BCUT2D eigenvalue weighted by Crippen LogP contribution is 2.16. The average molecular weight is 281 g/mol. The van der Waals surface area contributed by atoms with Gasteiger partial charge in [0.05, 0.1) is 7.11 Å². The van der Waals surface area contributed by atoms with Gasteiger partial charge in [-0.15, -0.1) is 0 Å². The number of carbonyl (C=O) groups excluding carboxylic acids is 1. The fourth-order valence-corrected chi connectivity index (χ4v) is 1.93. The van der Waals surface area contributed by atoms with Crippen LogP contribution in [-0.4, -0.2) is 27.0 Å². The molecule has 3 nitrogen and oxygen atoms in total. The molecule has 0 bridgehead atoms. The summed E-state index contributed by atoms with van der Waals surface area (Å²) in [5.74, 6) is 0.724. The number of ketones is 1. The summed E-state index contributed by atoms with van der Waals surface area (Å²) in [4.78, 5) is 14.1. The van der Waals surface area contributed by atoms with E-state index in [9.17, 15) is 4.79 Å². The molecular formula is C18H19NO2. The first kappa shape index (κ1) is 14.9.